The molecule has 1 fully saturated rings. The number of hydrogen-bond donors (Lipinski definition) is 1. The average Bonchev–Trinajstić information content (AvgIpc) is 3.04. The molecule has 3 rings (SSSR count). The minimum atomic E-state index is -0.113. The molecule has 1 aromatic heterocycles. The summed E-state index contributed by atoms with van der Waals surface area (Å²) in [5.74, 6) is 1.14. The van der Waals surface area contributed by atoms with Crippen molar-refractivity contribution < 1.29 is 9.26 Å². The van der Waals surface area contributed by atoms with Crippen molar-refractivity contribution in [3.05, 3.63) is 30.1 Å². The number of nitrogens with one attached hydrogen (secondary N) is 1. The van der Waals surface area contributed by atoms with E-state index < -0.39 is 0 Å². The zero-order valence-electron chi connectivity index (χ0n) is 12.4. The highest BCUT2D eigenvalue weighted by atomic mass is 16.5. The highest BCUT2D eigenvalue weighted by Gasteiger charge is 2.26. The third-order valence-corrected chi connectivity index (χ3v) is 3.75. The van der Waals surface area contributed by atoms with E-state index in [0.717, 1.165) is 30.9 Å². The van der Waals surface area contributed by atoms with Crippen LogP contribution in [0.15, 0.2) is 28.8 Å². The van der Waals surface area contributed by atoms with E-state index in [9.17, 15) is 0 Å². The Kier molecular flexibility index (Phi) is 4.17. The molecule has 2 aromatic rings. The van der Waals surface area contributed by atoms with Crippen molar-refractivity contribution in [1.82, 2.24) is 15.0 Å². The number of ether oxygens (including phenoxy) is 1. The number of para-hydroxylation sites is 1. The number of likely N-dealkylation sites (N-methyl/N-ethyl adjacent to an activating group) is 1. The largest absolute Gasteiger partial charge is 0.387 e. The molecule has 112 valence electrons. The molecule has 1 N–H and O–H groups in total. The van der Waals surface area contributed by atoms with Crippen molar-refractivity contribution >= 4 is 5.69 Å². The van der Waals surface area contributed by atoms with Crippen LogP contribution < -0.4 is 5.32 Å². The lowest BCUT2D eigenvalue weighted by Gasteiger charge is -2.30. The van der Waals surface area contributed by atoms with Gasteiger partial charge >= 0.3 is 0 Å². The topological polar surface area (TPSA) is 63.4 Å². The molecule has 0 spiro atoms. The molecule has 1 aromatic carbocycles. The molecular formula is C15H20N4O2. The van der Waals surface area contributed by atoms with Gasteiger partial charge in [-0.25, -0.2) is 0 Å². The molecule has 6 nitrogen and oxygen atoms in total. The maximum Gasteiger partial charge on any atom is 0.260 e. The van der Waals surface area contributed by atoms with Crippen LogP contribution in [0.5, 0.6) is 0 Å². The molecule has 2 heterocycles. The Labute approximate surface area is 124 Å². The molecule has 0 radical (unpaired) electrons. The van der Waals surface area contributed by atoms with Crippen LogP contribution in [0.2, 0.25) is 0 Å². The highest BCUT2D eigenvalue weighted by molar-refractivity contribution is 5.72. The molecule has 6 heteroatoms. The van der Waals surface area contributed by atoms with E-state index in [1.54, 1.807) is 0 Å². The Hall–Kier alpha value is -1.92. The SMILES string of the molecule is CCN1CCOC(c2noc(-c3ccccc3NC)n2)C1. The van der Waals surface area contributed by atoms with Crippen molar-refractivity contribution in [3.63, 3.8) is 0 Å². The van der Waals surface area contributed by atoms with Crippen LogP contribution in [0.4, 0.5) is 5.69 Å². The van der Waals surface area contributed by atoms with E-state index >= 15 is 0 Å². The summed E-state index contributed by atoms with van der Waals surface area (Å²) in [6.07, 6.45) is -0.113. The summed E-state index contributed by atoms with van der Waals surface area (Å²) in [6, 6.07) is 7.87. The maximum atomic E-state index is 5.76. The standard InChI is InChI=1S/C15H20N4O2/c1-3-19-8-9-20-13(10-19)14-17-15(21-18-14)11-6-4-5-7-12(11)16-2/h4-7,13,16H,3,8-10H2,1-2H3. The van der Waals surface area contributed by atoms with Gasteiger partial charge in [0.1, 0.15) is 6.10 Å². The van der Waals surface area contributed by atoms with Crippen LogP contribution in [0.3, 0.4) is 0 Å². The first kappa shape index (κ1) is 14.0. The van der Waals surface area contributed by atoms with Gasteiger partial charge in [-0.3, -0.25) is 4.90 Å². The monoisotopic (exact) mass is 288 g/mol. The van der Waals surface area contributed by atoms with Gasteiger partial charge in [-0.15, -0.1) is 0 Å². The first-order valence-electron chi connectivity index (χ1n) is 7.26. The number of anilines is 1. The van der Waals surface area contributed by atoms with Gasteiger partial charge in [-0.05, 0) is 18.7 Å². The Morgan fingerprint density at radius 2 is 2.24 bits per heavy atom. The van der Waals surface area contributed by atoms with Crippen molar-refractivity contribution in [2.45, 2.75) is 13.0 Å². The zero-order valence-corrected chi connectivity index (χ0v) is 12.4. The molecule has 0 aliphatic carbocycles. The normalized spacial score (nSPS) is 19.6. The van der Waals surface area contributed by atoms with Crippen LogP contribution >= 0.6 is 0 Å². The van der Waals surface area contributed by atoms with Crippen LogP contribution in [0.1, 0.15) is 18.9 Å². The Morgan fingerprint density at radius 3 is 3.05 bits per heavy atom. The summed E-state index contributed by atoms with van der Waals surface area (Å²) in [5, 5.41) is 7.23. The number of aromatic nitrogens is 2. The van der Waals surface area contributed by atoms with Gasteiger partial charge in [0.05, 0.1) is 12.2 Å². The van der Waals surface area contributed by atoms with Crippen molar-refractivity contribution in [2.75, 3.05) is 38.6 Å². The summed E-state index contributed by atoms with van der Waals surface area (Å²) in [5.41, 5.74) is 1.87. The first-order valence-corrected chi connectivity index (χ1v) is 7.26. The number of hydrogen-bond acceptors (Lipinski definition) is 6. The molecule has 0 bridgehead atoms. The zero-order chi connectivity index (χ0) is 14.7. The number of benzene rings is 1. The van der Waals surface area contributed by atoms with Crippen LogP contribution in [0, 0.1) is 0 Å². The van der Waals surface area contributed by atoms with Crippen molar-refractivity contribution in [1.29, 1.82) is 0 Å². The molecule has 1 aliphatic heterocycles. The van der Waals surface area contributed by atoms with Crippen LogP contribution in [-0.4, -0.2) is 48.3 Å². The van der Waals surface area contributed by atoms with Gasteiger partial charge in [0.25, 0.3) is 5.89 Å². The second kappa shape index (κ2) is 6.24. The second-order valence-corrected chi connectivity index (χ2v) is 5.01. The molecule has 1 saturated heterocycles. The minimum absolute atomic E-state index is 0.113. The highest BCUT2D eigenvalue weighted by Crippen LogP contribution is 2.28. The number of morpholine rings is 1. The smallest absolute Gasteiger partial charge is 0.260 e. The fraction of sp³-hybridized carbons (Fsp3) is 0.467. The summed E-state index contributed by atoms with van der Waals surface area (Å²) >= 11 is 0. The van der Waals surface area contributed by atoms with Gasteiger partial charge in [0.15, 0.2) is 0 Å². The van der Waals surface area contributed by atoms with E-state index in [0.29, 0.717) is 18.3 Å². The van der Waals surface area contributed by atoms with E-state index in [4.69, 9.17) is 9.26 Å². The van der Waals surface area contributed by atoms with Crippen molar-refractivity contribution in [3.8, 4) is 11.5 Å². The molecule has 21 heavy (non-hydrogen) atoms. The van der Waals surface area contributed by atoms with E-state index in [-0.39, 0.29) is 6.10 Å². The molecular weight excluding hydrogens is 268 g/mol. The number of rotatable bonds is 4. The Morgan fingerprint density at radius 1 is 1.38 bits per heavy atom. The minimum Gasteiger partial charge on any atom is -0.387 e. The van der Waals surface area contributed by atoms with Gasteiger partial charge in [0.2, 0.25) is 5.82 Å². The van der Waals surface area contributed by atoms with Gasteiger partial charge in [0, 0.05) is 25.8 Å². The number of nitrogens with zero attached hydrogens (tertiary/aromatic N) is 3. The van der Waals surface area contributed by atoms with E-state index in [1.165, 1.54) is 0 Å². The van der Waals surface area contributed by atoms with Crippen LogP contribution in [0.25, 0.3) is 11.5 Å². The maximum absolute atomic E-state index is 5.76. The third kappa shape index (κ3) is 2.91. The average molecular weight is 288 g/mol. The molecule has 1 atom stereocenters. The van der Waals surface area contributed by atoms with Gasteiger partial charge < -0.3 is 14.6 Å². The lowest BCUT2D eigenvalue weighted by Crippen LogP contribution is -2.38. The third-order valence-electron chi connectivity index (χ3n) is 3.75. The molecule has 1 aliphatic rings. The van der Waals surface area contributed by atoms with Gasteiger partial charge in [-0.2, -0.15) is 4.98 Å². The molecule has 0 amide bonds. The summed E-state index contributed by atoms with van der Waals surface area (Å²) in [7, 11) is 1.87. The fourth-order valence-electron chi connectivity index (χ4n) is 2.51. The summed E-state index contributed by atoms with van der Waals surface area (Å²) in [6.45, 7) is 5.62. The summed E-state index contributed by atoms with van der Waals surface area (Å²) < 4.78 is 11.2. The predicted molar refractivity (Wildman–Crippen MR) is 80.1 cm³/mol. The Bertz CT molecular complexity index is 599. The van der Waals surface area contributed by atoms with Gasteiger partial charge in [-0.1, -0.05) is 24.2 Å². The lowest BCUT2D eigenvalue weighted by molar-refractivity contribution is -0.0334. The van der Waals surface area contributed by atoms with Crippen molar-refractivity contribution in [2.24, 2.45) is 0 Å². The predicted octanol–water partition coefficient (Wildman–Crippen LogP) is 2.17. The molecule has 1 unspecified atom stereocenters. The fourth-order valence-corrected chi connectivity index (χ4v) is 2.51. The first-order chi connectivity index (χ1) is 10.3. The van der Waals surface area contributed by atoms with E-state index in [1.807, 2.05) is 31.3 Å². The summed E-state index contributed by atoms with van der Waals surface area (Å²) in [4.78, 5) is 6.84. The lowest BCUT2D eigenvalue weighted by atomic mass is 10.2. The quantitative estimate of drug-likeness (QED) is 0.930. The van der Waals surface area contributed by atoms with E-state index in [2.05, 4.69) is 27.3 Å². The van der Waals surface area contributed by atoms with Crippen LogP contribution in [-0.2, 0) is 4.74 Å². The molecule has 0 saturated carbocycles. The second-order valence-electron chi connectivity index (χ2n) is 5.01. The Balaban J connectivity index is 1.83.